The van der Waals surface area contributed by atoms with Gasteiger partial charge in [0, 0.05) is 6.54 Å². The van der Waals surface area contributed by atoms with Crippen molar-refractivity contribution in [1.29, 1.82) is 0 Å². The maximum Gasteiger partial charge on any atom is 0.386 e. The molecule has 0 amide bonds. The molecule has 0 aliphatic heterocycles. The summed E-state index contributed by atoms with van der Waals surface area (Å²) < 4.78 is 0. The zero-order valence-corrected chi connectivity index (χ0v) is 9.56. The predicted octanol–water partition coefficient (Wildman–Crippen LogP) is 2.90. The molecule has 1 N–H and O–H groups in total. The summed E-state index contributed by atoms with van der Waals surface area (Å²) in [5.41, 5.74) is 1.94. The largest absolute Gasteiger partial charge is 0.386 e. The summed E-state index contributed by atoms with van der Waals surface area (Å²) in [7, 11) is 0. The minimum Gasteiger partial charge on any atom is -0.378 e. The van der Waals surface area contributed by atoms with E-state index in [0.717, 1.165) is 19.4 Å². The highest BCUT2D eigenvalue weighted by Gasteiger charge is 2.13. The number of allylic oxidation sites excluding steroid dienone is 1. The lowest BCUT2D eigenvalue weighted by atomic mass is 10.1. The Morgan fingerprint density at radius 1 is 1.53 bits per heavy atom. The standard InChI is InChI=1S/C12H15N3O2/c16-15(17)12-11(6-3-8-14-12)13-9-7-10-4-1-2-5-10/h3-4,6,8,13H,1-2,5,7,9H2. The lowest BCUT2D eigenvalue weighted by Crippen LogP contribution is -2.05. The molecule has 0 atom stereocenters. The number of nitro groups is 1. The molecule has 0 saturated heterocycles. The number of hydrogen-bond donors (Lipinski definition) is 1. The van der Waals surface area contributed by atoms with Gasteiger partial charge in [-0.05, 0) is 47.7 Å². The van der Waals surface area contributed by atoms with Crippen LogP contribution in [0.3, 0.4) is 0 Å². The summed E-state index contributed by atoms with van der Waals surface area (Å²) in [5, 5.41) is 13.8. The van der Waals surface area contributed by atoms with E-state index in [9.17, 15) is 10.1 Å². The van der Waals surface area contributed by atoms with Crippen LogP contribution in [0.25, 0.3) is 0 Å². The average Bonchev–Trinajstić information content (AvgIpc) is 2.82. The van der Waals surface area contributed by atoms with Gasteiger partial charge in [0.1, 0.15) is 11.9 Å². The molecule has 0 radical (unpaired) electrons. The van der Waals surface area contributed by atoms with Crippen molar-refractivity contribution in [2.24, 2.45) is 0 Å². The summed E-state index contributed by atoms with van der Waals surface area (Å²) in [6.45, 7) is 0.721. The van der Waals surface area contributed by atoms with Crippen molar-refractivity contribution in [3.8, 4) is 0 Å². The van der Waals surface area contributed by atoms with Gasteiger partial charge in [-0.3, -0.25) is 0 Å². The lowest BCUT2D eigenvalue weighted by molar-refractivity contribution is -0.388. The molecule has 0 fully saturated rings. The molecule has 0 aromatic carbocycles. The first-order valence-corrected chi connectivity index (χ1v) is 5.78. The van der Waals surface area contributed by atoms with E-state index in [-0.39, 0.29) is 5.82 Å². The van der Waals surface area contributed by atoms with E-state index in [1.165, 1.54) is 24.6 Å². The molecule has 1 heterocycles. The fourth-order valence-electron chi connectivity index (χ4n) is 2.00. The van der Waals surface area contributed by atoms with Crippen molar-refractivity contribution in [2.75, 3.05) is 11.9 Å². The monoisotopic (exact) mass is 233 g/mol. The maximum absolute atomic E-state index is 10.7. The van der Waals surface area contributed by atoms with Crippen molar-refractivity contribution in [3.05, 3.63) is 40.1 Å². The average molecular weight is 233 g/mol. The molecular weight excluding hydrogens is 218 g/mol. The molecule has 0 bridgehead atoms. The second kappa shape index (κ2) is 5.43. The Morgan fingerprint density at radius 3 is 3.12 bits per heavy atom. The van der Waals surface area contributed by atoms with Gasteiger partial charge in [0.05, 0.1) is 0 Å². The minimum atomic E-state index is -0.461. The number of nitrogens with one attached hydrogen (secondary N) is 1. The van der Waals surface area contributed by atoms with Gasteiger partial charge in [-0.1, -0.05) is 11.6 Å². The first kappa shape index (κ1) is 11.6. The molecule has 5 heteroatoms. The molecule has 1 aromatic heterocycles. The molecule has 1 aliphatic carbocycles. The van der Waals surface area contributed by atoms with Crippen molar-refractivity contribution in [2.45, 2.75) is 25.7 Å². The molecule has 90 valence electrons. The molecule has 1 aromatic rings. The number of anilines is 1. The van der Waals surface area contributed by atoms with Crippen LogP contribution in [0.4, 0.5) is 11.5 Å². The van der Waals surface area contributed by atoms with Crippen LogP contribution in [-0.4, -0.2) is 16.5 Å². The zero-order chi connectivity index (χ0) is 12.1. The first-order chi connectivity index (χ1) is 8.27. The highest BCUT2D eigenvalue weighted by atomic mass is 16.6. The highest BCUT2D eigenvalue weighted by Crippen LogP contribution is 2.23. The van der Waals surface area contributed by atoms with Crippen LogP contribution in [0.2, 0.25) is 0 Å². The van der Waals surface area contributed by atoms with Gasteiger partial charge in [0.2, 0.25) is 0 Å². The van der Waals surface area contributed by atoms with Gasteiger partial charge in [0.25, 0.3) is 0 Å². The maximum atomic E-state index is 10.7. The molecule has 0 saturated carbocycles. The smallest absolute Gasteiger partial charge is 0.378 e. The van der Waals surface area contributed by atoms with Crippen LogP contribution in [-0.2, 0) is 0 Å². The fourth-order valence-corrected chi connectivity index (χ4v) is 2.00. The van der Waals surface area contributed by atoms with Gasteiger partial charge in [-0.15, -0.1) is 0 Å². The van der Waals surface area contributed by atoms with Crippen LogP contribution in [0.1, 0.15) is 25.7 Å². The van der Waals surface area contributed by atoms with Crippen molar-refractivity contribution < 1.29 is 4.92 Å². The minimum absolute atomic E-state index is 0.104. The summed E-state index contributed by atoms with van der Waals surface area (Å²) in [4.78, 5) is 14.0. The van der Waals surface area contributed by atoms with Gasteiger partial charge in [0.15, 0.2) is 0 Å². The molecule has 0 unspecified atom stereocenters. The number of pyridine rings is 1. The summed E-state index contributed by atoms with van der Waals surface area (Å²) >= 11 is 0. The second-order valence-corrected chi connectivity index (χ2v) is 4.06. The van der Waals surface area contributed by atoms with E-state index in [4.69, 9.17) is 0 Å². The number of nitrogens with zero attached hydrogens (tertiary/aromatic N) is 2. The third kappa shape index (κ3) is 3.03. The van der Waals surface area contributed by atoms with E-state index in [1.807, 2.05) is 0 Å². The lowest BCUT2D eigenvalue weighted by Gasteiger charge is -2.06. The number of hydrogen-bond acceptors (Lipinski definition) is 4. The van der Waals surface area contributed by atoms with Crippen LogP contribution >= 0.6 is 0 Å². The molecule has 5 nitrogen and oxygen atoms in total. The molecular formula is C12H15N3O2. The van der Waals surface area contributed by atoms with E-state index in [0.29, 0.717) is 5.69 Å². The third-order valence-electron chi connectivity index (χ3n) is 2.86. The third-order valence-corrected chi connectivity index (χ3v) is 2.86. The van der Waals surface area contributed by atoms with Gasteiger partial charge in [-0.2, -0.15) is 0 Å². The zero-order valence-electron chi connectivity index (χ0n) is 9.56. The second-order valence-electron chi connectivity index (χ2n) is 4.06. The van der Waals surface area contributed by atoms with Crippen LogP contribution in [0, 0.1) is 10.1 Å². The van der Waals surface area contributed by atoms with Crippen molar-refractivity contribution in [1.82, 2.24) is 4.98 Å². The first-order valence-electron chi connectivity index (χ1n) is 5.78. The highest BCUT2D eigenvalue weighted by molar-refractivity contribution is 5.56. The number of aromatic nitrogens is 1. The van der Waals surface area contributed by atoms with Gasteiger partial charge >= 0.3 is 5.82 Å². The predicted molar refractivity (Wildman–Crippen MR) is 65.9 cm³/mol. The topological polar surface area (TPSA) is 68.1 Å². The van der Waals surface area contributed by atoms with E-state index in [1.54, 1.807) is 12.1 Å². The quantitative estimate of drug-likeness (QED) is 0.482. The Morgan fingerprint density at radius 2 is 2.41 bits per heavy atom. The van der Waals surface area contributed by atoms with E-state index in [2.05, 4.69) is 16.4 Å². The Hall–Kier alpha value is -1.91. The fraction of sp³-hybridized carbons (Fsp3) is 0.417. The van der Waals surface area contributed by atoms with Crippen molar-refractivity contribution >= 4 is 11.5 Å². The summed E-state index contributed by atoms with van der Waals surface area (Å²) in [5.74, 6) is -0.104. The van der Waals surface area contributed by atoms with E-state index < -0.39 is 4.92 Å². The molecule has 2 rings (SSSR count). The molecule has 17 heavy (non-hydrogen) atoms. The Kier molecular flexibility index (Phi) is 3.69. The SMILES string of the molecule is O=[N+]([O-])c1ncccc1NCCC1=CCCC1. The van der Waals surface area contributed by atoms with E-state index >= 15 is 0 Å². The van der Waals surface area contributed by atoms with Crippen molar-refractivity contribution in [3.63, 3.8) is 0 Å². The summed E-state index contributed by atoms with van der Waals surface area (Å²) in [6.07, 6.45) is 8.22. The Balaban J connectivity index is 1.92. The normalized spacial score (nSPS) is 14.5. The van der Waals surface area contributed by atoms with Crippen LogP contribution in [0.5, 0.6) is 0 Å². The van der Waals surface area contributed by atoms with Crippen LogP contribution < -0.4 is 5.32 Å². The Labute approximate surface area is 99.7 Å². The van der Waals surface area contributed by atoms with Gasteiger partial charge < -0.3 is 15.4 Å². The van der Waals surface area contributed by atoms with Gasteiger partial charge in [-0.25, -0.2) is 0 Å². The van der Waals surface area contributed by atoms with Crippen LogP contribution in [0.15, 0.2) is 30.0 Å². The Bertz CT molecular complexity index is 443. The number of rotatable bonds is 5. The molecule has 1 aliphatic rings. The summed E-state index contributed by atoms with van der Waals surface area (Å²) in [6, 6.07) is 3.39. The molecule has 0 spiro atoms.